The molecule has 1 aliphatic rings. The molecule has 0 saturated carbocycles. The molecule has 0 radical (unpaired) electrons. The first kappa shape index (κ1) is 11.0. The lowest BCUT2D eigenvalue weighted by atomic mass is 10.0. The van der Waals surface area contributed by atoms with Crippen LogP contribution < -0.4 is 0 Å². The maximum Gasteiger partial charge on any atom is 0.226 e. The van der Waals surface area contributed by atoms with Gasteiger partial charge in [-0.25, -0.2) is 0 Å². The summed E-state index contributed by atoms with van der Waals surface area (Å²) in [6, 6.07) is 2.03. The maximum atomic E-state index is 11.9. The largest absolute Gasteiger partial charge is 0.326 e. The molecular formula is C11H18N2O. The number of likely N-dealkylation sites (tertiary alicyclic amines) is 1. The highest BCUT2D eigenvalue weighted by molar-refractivity contribution is 5.79. The van der Waals surface area contributed by atoms with E-state index in [4.69, 9.17) is 5.26 Å². The number of carbonyl (C=O) groups excluding carboxylic acids is 1. The van der Waals surface area contributed by atoms with Crippen molar-refractivity contribution in [3.8, 4) is 6.07 Å². The number of amides is 1. The molecule has 2 unspecified atom stereocenters. The van der Waals surface area contributed by atoms with Gasteiger partial charge in [0.2, 0.25) is 5.91 Å². The van der Waals surface area contributed by atoms with E-state index in [-0.39, 0.29) is 17.9 Å². The standard InChI is InChI=1S/C11H18N2O/c1-3-5-9(2)11(14)13-7-4-6-10(13)8-12/h9-10H,3-7H2,1-2H3. The quantitative estimate of drug-likeness (QED) is 0.689. The molecule has 0 aromatic heterocycles. The molecule has 0 aromatic carbocycles. The number of rotatable bonds is 3. The Bertz CT molecular complexity index is 244. The smallest absolute Gasteiger partial charge is 0.226 e. The first-order valence-corrected chi connectivity index (χ1v) is 5.40. The maximum absolute atomic E-state index is 11.9. The molecule has 1 saturated heterocycles. The average Bonchev–Trinajstić information content (AvgIpc) is 2.64. The minimum Gasteiger partial charge on any atom is -0.326 e. The van der Waals surface area contributed by atoms with Crippen molar-refractivity contribution in [2.75, 3.05) is 6.54 Å². The second kappa shape index (κ2) is 4.99. The first-order valence-electron chi connectivity index (χ1n) is 5.40. The third-order valence-electron chi connectivity index (χ3n) is 2.83. The molecule has 0 aromatic rings. The van der Waals surface area contributed by atoms with E-state index in [1.54, 1.807) is 4.90 Å². The van der Waals surface area contributed by atoms with E-state index in [0.717, 1.165) is 32.2 Å². The summed E-state index contributed by atoms with van der Waals surface area (Å²) in [5, 5.41) is 8.85. The van der Waals surface area contributed by atoms with Gasteiger partial charge in [-0.1, -0.05) is 20.3 Å². The van der Waals surface area contributed by atoms with Crippen molar-refractivity contribution in [1.82, 2.24) is 4.90 Å². The summed E-state index contributed by atoms with van der Waals surface area (Å²) in [5.41, 5.74) is 0. The van der Waals surface area contributed by atoms with Crippen LogP contribution in [-0.4, -0.2) is 23.4 Å². The Hall–Kier alpha value is -1.04. The van der Waals surface area contributed by atoms with E-state index in [9.17, 15) is 4.79 Å². The van der Waals surface area contributed by atoms with Gasteiger partial charge in [0.15, 0.2) is 0 Å². The fourth-order valence-corrected chi connectivity index (χ4v) is 2.00. The predicted octanol–water partition coefficient (Wildman–Crippen LogP) is 1.94. The second-order valence-corrected chi connectivity index (χ2v) is 4.01. The zero-order valence-corrected chi connectivity index (χ0v) is 8.99. The second-order valence-electron chi connectivity index (χ2n) is 4.01. The summed E-state index contributed by atoms with van der Waals surface area (Å²) in [5.74, 6) is 0.241. The Morgan fingerprint density at radius 1 is 1.71 bits per heavy atom. The highest BCUT2D eigenvalue weighted by Gasteiger charge is 2.30. The van der Waals surface area contributed by atoms with Gasteiger partial charge in [-0.15, -0.1) is 0 Å². The highest BCUT2D eigenvalue weighted by Crippen LogP contribution is 2.20. The van der Waals surface area contributed by atoms with Crippen LogP contribution in [0.2, 0.25) is 0 Å². The summed E-state index contributed by atoms with van der Waals surface area (Å²) in [6.07, 6.45) is 3.77. The molecule has 0 spiro atoms. The number of hydrogen-bond donors (Lipinski definition) is 0. The van der Waals surface area contributed by atoms with Crippen molar-refractivity contribution in [2.45, 2.75) is 45.6 Å². The summed E-state index contributed by atoms with van der Waals surface area (Å²) in [4.78, 5) is 13.6. The van der Waals surface area contributed by atoms with Crippen LogP contribution in [0.3, 0.4) is 0 Å². The van der Waals surface area contributed by atoms with E-state index in [2.05, 4.69) is 13.0 Å². The van der Waals surface area contributed by atoms with Crippen LogP contribution in [0.4, 0.5) is 0 Å². The van der Waals surface area contributed by atoms with Crippen LogP contribution in [0.5, 0.6) is 0 Å². The minimum atomic E-state index is -0.165. The van der Waals surface area contributed by atoms with Crippen LogP contribution in [0.25, 0.3) is 0 Å². The lowest BCUT2D eigenvalue weighted by Crippen LogP contribution is -2.38. The number of nitrogens with zero attached hydrogens (tertiary/aromatic N) is 2. The highest BCUT2D eigenvalue weighted by atomic mass is 16.2. The van der Waals surface area contributed by atoms with E-state index >= 15 is 0 Å². The molecule has 3 nitrogen and oxygen atoms in total. The Labute approximate surface area is 85.7 Å². The SMILES string of the molecule is CCCC(C)C(=O)N1CCCC1C#N. The number of hydrogen-bond acceptors (Lipinski definition) is 2. The van der Waals surface area contributed by atoms with Crippen molar-refractivity contribution in [3.63, 3.8) is 0 Å². The van der Waals surface area contributed by atoms with Gasteiger partial charge < -0.3 is 4.90 Å². The van der Waals surface area contributed by atoms with Gasteiger partial charge in [-0.2, -0.15) is 5.26 Å². The molecule has 1 aliphatic heterocycles. The van der Waals surface area contributed by atoms with Gasteiger partial charge in [-0.05, 0) is 19.3 Å². The van der Waals surface area contributed by atoms with Gasteiger partial charge in [0.05, 0.1) is 6.07 Å². The Balaban J connectivity index is 2.56. The van der Waals surface area contributed by atoms with E-state index < -0.39 is 0 Å². The van der Waals surface area contributed by atoms with Crippen LogP contribution >= 0.6 is 0 Å². The predicted molar refractivity (Wildman–Crippen MR) is 54.4 cm³/mol. The van der Waals surface area contributed by atoms with Gasteiger partial charge in [0.25, 0.3) is 0 Å². The molecule has 0 N–H and O–H groups in total. The van der Waals surface area contributed by atoms with Gasteiger partial charge in [-0.3, -0.25) is 4.79 Å². The minimum absolute atomic E-state index is 0.0777. The van der Waals surface area contributed by atoms with E-state index in [1.807, 2.05) is 6.92 Å². The van der Waals surface area contributed by atoms with E-state index in [0.29, 0.717) is 0 Å². The average molecular weight is 194 g/mol. The summed E-state index contributed by atoms with van der Waals surface area (Å²) < 4.78 is 0. The summed E-state index contributed by atoms with van der Waals surface area (Å²) in [6.45, 7) is 4.80. The van der Waals surface area contributed by atoms with Crippen molar-refractivity contribution in [2.24, 2.45) is 5.92 Å². The molecule has 0 bridgehead atoms. The fourth-order valence-electron chi connectivity index (χ4n) is 2.00. The first-order chi connectivity index (χ1) is 6.70. The molecule has 2 atom stereocenters. The van der Waals surface area contributed by atoms with Crippen LogP contribution in [0, 0.1) is 17.2 Å². The van der Waals surface area contributed by atoms with Crippen molar-refractivity contribution in [1.29, 1.82) is 5.26 Å². The van der Waals surface area contributed by atoms with Crippen LogP contribution in [0.1, 0.15) is 39.5 Å². The third kappa shape index (κ3) is 2.25. The molecule has 78 valence electrons. The summed E-state index contributed by atoms with van der Waals surface area (Å²) >= 11 is 0. The lowest BCUT2D eigenvalue weighted by Gasteiger charge is -2.23. The molecule has 0 aliphatic carbocycles. The van der Waals surface area contributed by atoms with Gasteiger partial charge in [0.1, 0.15) is 6.04 Å². The normalized spacial score (nSPS) is 23.2. The Morgan fingerprint density at radius 3 is 3.00 bits per heavy atom. The Kier molecular flexibility index (Phi) is 3.94. The topological polar surface area (TPSA) is 44.1 Å². The van der Waals surface area contributed by atoms with Gasteiger partial charge in [0, 0.05) is 12.5 Å². The number of carbonyl (C=O) groups is 1. The molecular weight excluding hydrogens is 176 g/mol. The lowest BCUT2D eigenvalue weighted by molar-refractivity contribution is -0.135. The molecule has 1 heterocycles. The van der Waals surface area contributed by atoms with Crippen LogP contribution in [-0.2, 0) is 4.79 Å². The Morgan fingerprint density at radius 2 is 2.43 bits per heavy atom. The number of nitriles is 1. The molecule has 1 rings (SSSR count). The van der Waals surface area contributed by atoms with Crippen molar-refractivity contribution in [3.05, 3.63) is 0 Å². The van der Waals surface area contributed by atoms with Crippen molar-refractivity contribution < 1.29 is 4.79 Å². The molecule has 14 heavy (non-hydrogen) atoms. The summed E-state index contributed by atoms with van der Waals surface area (Å²) in [7, 11) is 0. The van der Waals surface area contributed by atoms with Gasteiger partial charge >= 0.3 is 0 Å². The molecule has 1 fully saturated rings. The van der Waals surface area contributed by atoms with E-state index in [1.165, 1.54) is 0 Å². The zero-order chi connectivity index (χ0) is 10.6. The monoisotopic (exact) mass is 194 g/mol. The zero-order valence-electron chi connectivity index (χ0n) is 8.99. The fraction of sp³-hybridized carbons (Fsp3) is 0.818. The third-order valence-corrected chi connectivity index (χ3v) is 2.83. The van der Waals surface area contributed by atoms with Crippen molar-refractivity contribution >= 4 is 5.91 Å². The van der Waals surface area contributed by atoms with Crippen LogP contribution in [0.15, 0.2) is 0 Å². The molecule has 1 amide bonds. The molecule has 3 heteroatoms.